The Balaban J connectivity index is 2.46. The maximum atomic E-state index is 12.7. The first-order chi connectivity index (χ1) is 11.5. The number of ether oxygens (including phenoxy) is 1. The summed E-state index contributed by atoms with van der Waals surface area (Å²) in [7, 11) is 5.11. The third-order valence-electron chi connectivity index (χ3n) is 3.51. The van der Waals surface area contributed by atoms with Crippen LogP contribution in [0.3, 0.4) is 0 Å². The van der Waals surface area contributed by atoms with Crippen LogP contribution in [0, 0.1) is 0 Å². The van der Waals surface area contributed by atoms with Gasteiger partial charge in [-0.05, 0) is 23.4 Å². The van der Waals surface area contributed by atoms with Gasteiger partial charge in [0.2, 0.25) is 0 Å². The summed E-state index contributed by atoms with van der Waals surface area (Å²) in [6, 6.07) is 7.62. The Hall–Kier alpha value is -1.86. The highest BCUT2D eigenvalue weighted by molar-refractivity contribution is 8.16. The molecular weight excluding hydrogens is 348 g/mol. The van der Waals surface area contributed by atoms with Crippen LogP contribution in [-0.2, 0) is 13.6 Å². The van der Waals surface area contributed by atoms with Gasteiger partial charge in [0.05, 0.1) is 13.7 Å². The zero-order valence-corrected chi connectivity index (χ0v) is 15.7. The summed E-state index contributed by atoms with van der Waals surface area (Å²) in [5, 5.41) is 2.93. The van der Waals surface area contributed by atoms with Crippen molar-refractivity contribution in [1.82, 2.24) is 9.36 Å². The maximum absolute atomic E-state index is 12.7. The average Bonchev–Trinajstić information content (AvgIpc) is 2.79. The molecule has 0 radical (unpaired) electrons. The summed E-state index contributed by atoms with van der Waals surface area (Å²) in [6.07, 6.45) is 0. The van der Waals surface area contributed by atoms with Crippen molar-refractivity contribution in [1.29, 1.82) is 0 Å². The number of thioether (sulfide) groups is 1. The van der Waals surface area contributed by atoms with Crippen molar-refractivity contribution >= 4 is 39.4 Å². The second-order valence-electron chi connectivity index (χ2n) is 4.98. The van der Waals surface area contributed by atoms with Gasteiger partial charge in [-0.25, -0.2) is 9.67 Å². The van der Waals surface area contributed by atoms with E-state index in [1.54, 1.807) is 30.6 Å². The molecule has 0 fully saturated rings. The Morgan fingerprint density at radius 3 is 2.83 bits per heavy atom. The first-order valence-electron chi connectivity index (χ1n) is 7.49. The highest BCUT2D eigenvalue weighted by atomic mass is 35.5. The Morgan fingerprint density at radius 1 is 1.46 bits per heavy atom. The normalized spacial score (nSPS) is 11.6. The molecule has 0 unspecified atom stereocenters. The molecule has 1 aromatic carbocycles. The van der Waals surface area contributed by atoms with Crippen molar-refractivity contribution in [2.75, 3.05) is 25.2 Å². The van der Waals surface area contributed by atoms with Gasteiger partial charge in [0, 0.05) is 14.1 Å². The van der Waals surface area contributed by atoms with E-state index in [2.05, 4.69) is 10.3 Å². The zero-order chi connectivity index (χ0) is 17.7. The fourth-order valence-corrected chi connectivity index (χ4v) is 3.14. The second-order valence-corrected chi connectivity index (χ2v) is 6.82. The summed E-state index contributed by atoms with van der Waals surface area (Å²) >= 11 is 7.55. The van der Waals surface area contributed by atoms with Crippen LogP contribution >= 0.6 is 23.4 Å². The number of nitrogens with zero attached hydrogens (tertiary/aromatic N) is 3. The molecule has 0 atom stereocenters. The van der Waals surface area contributed by atoms with E-state index in [1.165, 1.54) is 11.8 Å². The van der Waals surface area contributed by atoms with Gasteiger partial charge in [0.25, 0.3) is 5.56 Å². The lowest BCUT2D eigenvalue weighted by molar-refractivity contribution is 0.413. The Labute approximate surface area is 150 Å². The van der Waals surface area contributed by atoms with E-state index in [4.69, 9.17) is 16.3 Å². The molecule has 0 spiro atoms. The Morgan fingerprint density at radius 2 is 2.21 bits per heavy atom. The van der Waals surface area contributed by atoms with Crippen LogP contribution in [0.5, 0.6) is 5.75 Å². The van der Waals surface area contributed by atoms with Crippen molar-refractivity contribution in [3.63, 3.8) is 0 Å². The van der Waals surface area contributed by atoms with Crippen LogP contribution in [0.25, 0.3) is 0 Å². The van der Waals surface area contributed by atoms with Crippen molar-refractivity contribution < 1.29 is 4.74 Å². The van der Waals surface area contributed by atoms with E-state index < -0.39 is 0 Å². The van der Waals surface area contributed by atoms with Crippen molar-refractivity contribution in [2.45, 2.75) is 13.5 Å². The highest BCUT2D eigenvalue weighted by Crippen LogP contribution is 2.25. The van der Waals surface area contributed by atoms with Gasteiger partial charge in [0.15, 0.2) is 10.3 Å². The molecule has 1 heterocycles. The minimum absolute atomic E-state index is 0.146. The third-order valence-corrected chi connectivity index (χ3v) is 4.54. The number of anilines is 1. The van der Waals surface area contributed by atoms with Gasteiger partial charge >= 0.3 is 0 Å². The number of hydrogen-bond acceptors (Lipinski definition) is 5. The quantitative estimate of drug-likeness (QED) is 0.628. The fourth-order valence-electron chi connectivity index (χ4n) is 2.34. The van der Waals surface area contributed by atoms with Crippen LogP contribution < -0.4 is 15.6 Å². The van der Waals surface area contributed by atoms with E-state index in [1.807, 2.05) is 31.2 Å². The van der Waals surface area contributed by atoms with Crippen LogP contribution in [0.15, 0.2) is 34.1 Å². The number of methoxy groups -OCH3 is 1. The fraction of sp³-hybridized carbons (Fsp3) is 0.375. The predicted molar refractivity (Wildman–Crippen MR) is 102 cm³/mol. The Kier molecular flexibility index (Phi) is 6.39. The van der Waals surface area contributed by atoms with E-state index >= 15 is 0 Å². The van der Waals surface area contributed by atoms with E-state index in [0.717, 1.165) is 17.1 Å². The molecular formula is C16H21ClN4O2S. The first-order valence-corrected chi connectivity index (χ1v) is 8.85. The number of nitrogens with one attached hydrogen (secondary N) is 1. The van der Waals surface area contributed by atoms with Gasteiger partial charge in [0.1, 0.15) is 11.4 Å². The van der Waals surface area contributed by atoms with Gasteiger partial charge in [-0.1, -0.05) is 42.4 Å². The molecule has 2 rings (SSSR count). The van der Waals surface area contributed by atoms with E-state index in [-0.39, 0.29) is 5.56 Å². The summed E-state index contributed by atoms with van der Waals surface area (Å²) < 4.78 is 8.97. The molecule has 0 aliphatic rings. The first kappa shape index (κ1) is 18.5. The van der Waals surface area contributed by atoms with E-state index in [0.29, 0.717) is 22.6 Å². The van der Waals surface area contributed by atoms with Crippen LogP contribution in [-0.4, -0.2) is 33.8 Å². The lowest BCUT2D eigenvalue weighted by Crippen LogP contribution is -2.23. The molecule has 1 N–H and O–H groups in total. The molecule has 8 heteroatoms. The molecule has 0 bridgehead atoms. The SMILES string of the molecule is CCS/C(Cl)=N\c1c(NC)c(=O)n(Cc2cccc(OC)c2)n1C. The number of aromatic nitrogens is 2. The number of rotatable bonds is 6. The van der Waals surface area contributed by atoms with Crippen molar-refractivity contribution in [2.24, 2.45) is 12.0 Å². The zero-order valence-electron chi connectivity index (χ0n) is 14.2. The number of halogens is 1. The lowest BCUT2D eigenvalue weighted by Gasteiger charge is -2.09. The maximum Gasteiger partial charge on any atom is 0.292 e. The molecule has 1 aromatic heterocycles. The second kappa shape index (κ2) is 8.30. The monoisotopic (exact) mass is 368 g/mol. The minimum Gasteiger partial charge on any atom is -0.497 e. The summed E-state index contributed by atoms with van der Waals surface area (Å²) in [5.41, 5.74) is 1.24. The van der Waals surface area contributed by atoms with Crippen LogP contribution in [0.4, 0.5) is 11.5 Å². The van der Waals surface area contributed by atoms with Crippen molar-refractivity contribution in [3.05, 3.63) is 40.2 Å². The summed E-state index contributed by atoms with van der Waals surface area (Å²) in [4.78, 5) is 17.0. The molecule has 24 heavy (non-hydrogen) atoms. The smallest absolute Gasteiger partial charge is 0.292 e. The van der Waals surface area contributed by atoms with Gasteiger partial charge in [-0.2, -0.15) is 0 Å². The van der Waals surface area contributed by atoms with Crippen LogP contribution in [0.1, 0.15) is 12.5 Å². The number of hydrogen-bond donors (Lipinski definition) is 1. The van der Waals surface area contributed by atoms with Crippen LogP contribution in [0.2, 0.25) is 0 Å². The number of aliphatic imine (C=N–C) groups is 1. The van der Waals surface area contributed by atoms with Gasteiger partial charge in [-0.3, -0.25) is 9.48 Å². The molecule has 6 nitrogen and oxygen atoms in total. The number of benzene rings is 1. The van der Waals surface area contributed by atoms with Crippen molar-refractivity contribution in [3.8, 4) is 5.75 Å². The molecule has 0 saturated heterocycles. The third kappa shape index (κ3) is 3.96. The average molecular weight is 369 g/mol. The molecule has 2 aromatic rings. The topological polar surface area (TPSA) is 60.6 Å². The molecule has 0 saturated carbocycles. The summed E-state index contributed by atoms with van der Waals surface area (Å²) in [5.74, 6) is 2.08. The van der Waals surface area contributed by atoms with Gasteiger partial charge < -0.3 is 10.1 Å². The lowest BCUT2D eigenvalue weighted by atomic mass is 10.2. The standard InChI is InChI=1S/C16H21ClN4O2S/c1-5-24-16(17)19-14-13(18-2)15(22)21(20(14)3)10-11-7-6-8-12(9-11)23-4/h6-9,18H,5,10H2,1-4H3/b19-16-. The van der Waals surface area contributed by atoms with E-state index in [9.17, 15) is 4.79 Å². The van der Waals surface area contributed by atoms with Gasteiger partial charge in [-0.15, -0.1) is 0 Å². The summed E-state index contributed by atoms with van der Waals surface area (Å²) in [6.45, 7) is 2.41. The molecule has 0 aliphatic heterocycles. The Bertz CT molecular complexity index is 798. The molecule has 0 amide bonds. The minimum atomic E-state index is -0.146. The molecule has 0 aliphatic carbocycles. The highest BCUT2D eigenvalue weighted by Gasteiger charge is 2.17. The predicted octanol–water partition coefficient (Wildman–Crippen LogP) is 3.26. The largest absolute Gasteiger partial charge is 0.497 e. The molecule has 130 valence electrons.